The van der Waals surface area contributed by atoms with Gasteiger partial charge in [-0.1, -0.05) is 76.6 Å². The van der Waals surface area contributed by atoms with Crippen molar-refractivity contribution in [3.8, 4) is 16.9 Å². The predicted octanol–water partition coefficient (Wildman–Crippen LogP) is 9.52. The molecule has 180 valence electrons. The lowest BCUT2D eigenvalue weighted by Gasteiger charge is -2.32. The molecule has 4 rings (SSSR count). The van der Waals surface area contributed by atoms with E-state index in [2.05, 4.69) is 13.8 Å². The Morgan fingerprint density at radius 1 is 0.879 bits per heavy atom. The molecule has 1 nitrogen and oxygen atoms in total. The van der Waals surface area contributed by atoms with Crippen LogP contribution in [-0.2, 0) is 12.5 Å². The van der Waals surface area contributed by atoms with Crippen molar-refractivity contribution in [2.75, 3.05) is 0 Å². The first-order valence-corrected chi connectivity index (χ1v) is 13.0. The molecule has 0 unspecified atom stereocenters. The van der Waals surface area contributed by atoms with Crippen LogP contribution in [-0.4, -0.2) is 0 Å². The smallest absolute Gasteiger partial charge is 0.425 e. The van der Waals surface area contributed by atoms with Gasteiger partial charge in [0, 0.05) is 5.56 Å². The van der Waals surface area contributed by atoms with E-state index in [0.29, 0.717) is 29.0 Å². The summed E-state index contributed by atoms with van der Waals surface area (Å²) in [4.78, 5) is 0. The van der Waals surface area contributed by atoms with Crippen LogP contribution < -0.4 is 4.74 Å². The molecule has 2 aromatic rings. The first kappa shape index (κ1) is 24.2. The number of rotatable bonds is 9. The Morgan fingerprint density at radius 3 is 2.30 bits per heavy atom. The van der Waals surface area contributed by atoms with Crippen molar-refractivity contribution in [3.05, 3.63) is 52.8 Å². The van der Waals surface area contributed by atoms with Crippen molar-refractivity contribution in [1.82, 2.24) is 0 Å². The topological polar surface area (TPSA) is 9.23 Å². The normalized spacial score (nSPS) is 21.2. The third-order valence-electron chi connectivity index (χ3n) is 7.64. The van der Waals surface area contributed by atoms with Gasteiger partial charge in [0.2, 0.25) is 0 Å². The maximum Gasteiger partial charge on any atom is 0.427 e. The largest absolute Gasteiger partial charge is 0.427 e. The Kier molecular flexibility index (Phi) is 7.71. The van der Waals surface area contributed by atoms with Gasteiger partial charge in [0.25, 0.3) is 0 Å². The predicted molar refractivity (Wildman–Crippen MR) is 128 cm³/mol. The minimum Gasteiger partial charge on any atom is -0.425 e. The molecular weight excluding hydrogens is 421 g/mol. The fourth-order valence-corrected chi connectivity index (χ4v) is 5.61. The van der Waals surface area contributed by atoms with Crippen LogP contribution in [0.3, 0.4) is 0 Å². The summed E-state index contributed by atoms with van der Waals surface area (Å²) in [6.45, 7) is 4.31. The Bertz CT molecular complexity index is 944. The highest BCUT2D eigenvalue weighted by Gasteiger charge is 2.44. The third kappa shape index (κ3) is 5.25. The SMILES string of the molecule is CCCCCc1ccc2c(c1F)OC(F)(F)c1cc(C3CCC(CCCCC)CC3)ccc1-2. The number of benzene rings is 2. The summed E-state index contributed by atoms with van der Waals surface area (Å²) in [5.74, 6) is 0.144. The third-order valence-corrected chi connectivity index (χ3v) is 7.64. The molecule has 0 amide bonds. The molecule has 33 heavy (non-hydrogen) atoms. The van der Waals surface area contributed by atoms with Gasteiger partial charge in [-0.25, -0.2) is 4.39 Å². The molecule has 1 aliphatic heterocycles. The molecule has 1 saturated carbocycles. The van der Waals surface area contributed by atoms with Crippen LogP contribution in [0.1, 0.15) is 107 Å². The van der Waals surface area contributed by atoms with Gasteiger partial charge in [-0.15, -0.1) is 0 Å². The van der Waals surface area contributed by atoms with Crippen LogP contribution in [0.25, 0.3) is 11.1 Å². The maximum absolute atomic E-state index is 15.1. The van der Waals surface area contributed by atoms with Crippen molar-refractivity contribution < 1.29 is 17.9 Å². The molecule has 0 saturated heterocycles. The highest BCUT2D eigenvalue weighted by Crippen LogP contribution is 2.50. The van der Waals surface area contributed by atoms with Crippen molar-refractivity contribution in [2.24, 2.45) is 5.92 Å². The zero-order valence-electron chi connectivity index (χ0n) is 20.1. The second-order valence-corrected chi connectivity index (χ2v) is 10.0. The van der Waals surface area contributed by atoms with E-state index < -0.39 is 11.9 Å². The van der Waals surface area contributed by atoms with Crippen LogP contribution in [0.2, 0.25) is 0 Å². The Hall–Kier alpha value is -1.97. The number of unbranched alkanes of at least 4 members (excludes halogenated alkanes) is 4. The number of aryl methyl sites for hydroxylation is 1. The summed E-state index contributed by atoms with van der Waals surface area (Å²) in [6.07, 6.45) is 9.43. The Morgan fingerprint density at radius 2 is 1.58 bits per heavy atom. The first-order chi connectivity index (χ1) is 15.9. The zero-order valence-corrected chi connectivity index (χ0v) is 20.1. The maximum atomic E-state index is 15.1. The average molecular weight is 459 g/mol. The Labute approximate surface area is 196 Å². The van der Waals surface area contributed by atoms with Gasteiger partial charge in [0.05, 0.1) is 5.56 Å². The number of fused-ring (bicyclic) bond motifs is 3. The lowest BCUT2D eigenvalue weighted by Crippen LogP contribution is -2.28. The summed E-state index contributed by atoms with van der Waals surface area (Å²) in [6, 6.07) is 8.82. The van der Waals surface area contributed by atoms with Gasteiger partial charge in [0.1, 0.15) is 0 Å². The van der Waals surface area contributed by atoms with Crippen LogP contribution >= 0.6 is 0 Å². The highest BCUT2D eigenvalue weighted by atomic mass is 19.3. The van der Waals surface area contributed by atoms with E-state index in [1.807, 2.05) is 6.07 Å². The molecule has 0 spiro atoms. The van der Waals surface area contributed by atoms with Crippen molar-refractivity contribution in [1.29, 1.82) is 0 Å². The van der Waals surface area contributed by atoms with E-state index >= 15 is 13.2 Å². The van der Waals surface area contributed by atoms with Gasteiger partial charge in [0.15, 0.2) is 11.6 Å². The molecule has 0 radical (unpaired) electrons. The number of hydrogen-bond acceptors (Lipinski definition) is 1. The Balaban J connectivity index is 1.54. The molecule has 1 aliphatic carbocycles. The van der Waals surface area contributed by atoms with Crippen molar-refractivity contribution >= 4 is 0 Å². The summed E-state index contributed by atoms with van der Waals surface area (Å²) in [5, 5.41) is 0. The molecule has 2 aromatic carbocycles. The first-order valence-electron chi connectivity index (χ1n) is 13.0. The van der Waals surface area contributed by atoms with E-state index in [4.69, 9.17) is 4.74 Å². The molecule has 0 atom stereocenters. The highest BCUT2D eigenvalue weighted by molar-refractivity contribution is 5.77. The van der Waals surface area contributed by atoms with Crippen LogP contribution in [0.5, 0.6) is 5.75 Å². The number of hydrogen-bond donors (Lipinski definition) is 0. The van der Waals surface area contributed by atoms with Gasteiger partial charge >= 0.3 is 6.11 Å². The van der Waals surface area contributed by atoms with Crippen molar-refractivity contribution in [3.63, 3.8) is 0 Å². The standard InChI is InChI=1S/C29H37F3O/c1-3-5-7-9-20-11-13-21(14-12-20)23-16-17-24-25-18-15-22(10-8-6-4-2)27(30)28(25)33-29(31,32)26(24)19-23/h15-21H,3-14H2,1-2H3. The lowest BCUT2D eigenvalue weighted by molar-refractivity contribution is -0.188. The number of halogens is 3. The van der Waals surface area contributed by atoms with Crippen LogP contribution in [0, 0.1) is 11.7 Å². The van der Waals surface area contributed by atoms with Gasteiger partial charge in [-0.05, 0) is 73.1 Å². The molecule has 4 heteroatoms. The van der Waals surface area contributed by atoms with E-state index in [1.165, 1.54) is 38.5 Å². The van der Waals surface area contributed by atoms with Gasteiger partial charge in [-0.3, -0.25) is 0 Å². The van der Waals surface area contributed by atoms with E-state index in [-0.39, 0.29) is 11.3 Å². The number of ether oxygens (including phenoxy) is 1. The van der Waals surface area contributed by atoms with Crippen LogP contribution in [0.15, 0.2) is 30.3 Å². The molecule has 0 bridgehead atoms. The van der Waals surface area contributed by atoms with Crippen LogP contribution in [0.4, 0.5) is 13.2 Å². The van der Waals surface area contributed by atoms with Gasteiger partial charge in [-0.2, -0.15) is 8.78 Å². The monoisotopic (exact) mass is 458 g/mol. The molecule has 0 aromatic heterocycles. The molecule has 1 heterocycles. The fraction of sp³-hybridized carbons (Fsp3) is 0.586. The second-order valence-electron chi connectivity index (χ2n) is 10.0. The minimum atomic E-state index is -3.53. The average Bonchev–Trinajstić information content (AvgIpc) is 2.81. The fourth-order valence-electron chi connectivity index (χ4n) is 5.61. The molecular formula is C29H37F3O. The minimum absolute atomic E-state index is 0.129. The second kappa shape index (κ2) is 10.5. The molecule has 1 fully saturated rings. The summed E-state index contributed by atoms with van der Waals surface area (Å²) in [5.41, 5.74) is 2.10. The van der Waals surface area contributed by atoms with E-state index in [0.717, 1.165) is 43.6 Å². The van der Waals surface area contributed by atoms with E-state index in [1.54, 1.807) is 24.3 Å². The number of alkyl halides is 2. The molecule has 0 N–H and O–H groups in total. The summed E-state index contributed by atoms with van der Waals surface area (Å²) in [7, 11) is 0. The quantitative estimate of drug-likeness (QED) is 0.340. The van der Waals surface area contributed by atoms with Gasteiger partial charge < -0.3 is 4.74 Å². The summed E-state index contributed by atoms with van der Waals surface area (Å²) < 4.78 is 50.3. The zero-order chi connectivity index (χ0) is 23.4. The molecule has 2 aliphatic rings. The van der Waals surface area contributed by atoms with Crippen molar-refractivity contribution in [2.45, 2.75) is 103 Å². The van der Waals surface area contributed by atoms with E-state index in [9.17, 15) is 0 Å². The summed E-state index contributed by atoms with van der Waals surface area (Å²) >= 11 is 0. The lowest BCUT2D eigenvalue weighted by atomic mass is 9.76.